The molecule has 0 aliphatic heterocycles. The number of benzene rings is 2. The minimum absolute atomic E-state index is 0.316. The lowest BCUT2D eigenvalue weighted by molar-refractivity contribution is -0.136. The quantitative estimate of drug-likeness (QED) is 0.400. The van der Waals surface area contributed by atoms with Gasteiger partial charge in [0.2, 0.25) is 0 Å². The highest BCUT2D eigenvalue weighted by Gasteiger charge is 2.33. The third-order valence-corrected chi connectivity index (χ3v) is 5.68. The number of alkyl halides is 3. The molecule has 2 aromatic carbocycles. The molecule has 0 bridgehead atoms. The number of urea groups is 1. The second kappa shape index (κ2) is 7.80. The van der Waals surface area contributed by atoms with Crippen LogP contribution in [0.5, 0.6) is 0 Å². The van der Waals surface area contributed by atoms with Gasteiger partial charge in [0.1, 0.15) is 11.8 Å². The Labute approximate surface area is 186 Å². The molecular weight excluding hydrogens is 433 g/mol. The van der Waals surface area contributed by atoms with E-state index in [4.69, 9.17) is 5.73 Å². The predicted octanol–water partition coefficient (Wildman–Crippen LogP) is 5.15. The number of nitrogens with one attached hydrogen (secondary N) is 2. The largest absolute Gasteiger partial charge is 0.418 e. The molecule has 4 aromatic rings. The molecule has 0 saturated carbocycles. The summed E-state index contributed by atoms with van der Waals surface area (Å²) in [5.74, 6) is 0.388. The fourth-order valence-electron chi connectivity index (χ4n) is 4.30. The number of anilines is 3. The summed E-state index contributed by atoms with van der Waals surface area (Å²) < 4.78 is 41.5. The van der Waals surface area contributed by atoms with Crippen molar-refractivity contribution in [2.75, 3.05) is 16.4 Å². The molecule has 7 nitrogen and oxygen atoms in total. The molecule has 0 unspecified atom stereocenters. The summed E-state index contributed by atoms with van der Waals surface area (Å²) in [5, 5.41) is 4.83. The van der Waals surface area contributed by atoms with Crippen LogP contribution in [-0.2, 0) is 19.0 Å². The van der Waals surface area contributed by atoms with Gasteiger partial charge in [-0.25, -0.2) is 14.8 Å². The summed E-state index contributed by atoms with van der Waals surface area (Å²) in [7, 11) is 0. The maximum absolute atomic E-state index is 13.1. The lowest BCUT2D eigenvalue weighted by atomic mass is 10.1. The normalized spacial score (nSPS) is 13.2. The molecule has 0 saturated heterocycles. The molecule has 1 aliphatic rings. The van der Waals surface area contributed by atoms with Crippen molar-refractivity contribution in [1.82, 2.24) is 14.5 Å². The summed E-state index contributed by atoms with van der Waals surface area (Å²) in [6.07, 6.45) is -0.259. The number of rotatable bonds is 3. The first-order valence-electron chi connectivity index (χ1n) is 10.3. The van der Waals surface area contributed by atoms with Gasteiger partial charge in [0.25, 0.3) is 0 Å². The molecule has 0 radical (unpaired) electrons. The Hall–Kier alpha value is -4.08. The topological polar surface area (TPSA) is 97.9 Å². The van der Waals surface area contributed by atoms with Gasteiger partial charge in [-0.1, -0.05) is 12.1 Å². The number of fused-ring (bicyclic) bond motifs is 3. The van der Waals surface area contributed by atoms with E-state index in [-0.39, 0.29) is 5.69 Å². The Balaban J connectivity index is 1.40. The van der Waals surface area contributed by atoms with Gasteiger partial charge in [0, 0.05) is 17.1 Å². The van der Waals surface area contributed by atoms with Crippen molar-refractivity contribution in [3.05, 3.63) is 71.7 Å². The van der Waals surface area contributed by atoms with Crippen molar-refractivity contribution in [2.45, 2.75) is 25.4 Å². The average molecular weight is 452 g/mol. The second-order valence-corrected chi connectivity index (χ2v) is 7.74. The van der Waals surface area contributed by atoms with E-state index in [0.29, 0.717) is 11.5 Å². The van der Waals surface area contributed by atoms with Crippen LogP contribution in [0.3, 0.4) is 0 Å². The van der Waals surface area contributed by atoms with E-state index in [1.807, 2.05) is 16.7 Å². The molecule has 0 fully saturated rings. The van der Waals surface area contributed by atoms with Crippen LogP contribution < -0.4 is 16.4 Å². The molecule has 2 heterocycles. The van der Waals surface area contributed by atoms with Crippen LogP contribution >= 0.6 is 0 Å². The molecule has 0 atom stereocenters. The highest BCUT2D eigenvalue weighted by Crippen LogP contribution is 2.37. The minimum Gasteiger partial charge on any atom is -0.382 e. The zero-order chi connectivity index (χ0) is 23.2. The molecule has 5 rings (SSSR count). The summed E-state index contributed by atoms with van der Waals surface area (Å²) in [6.45, 7) is 0. The molecule has 4 N–H and O–H groups in total. The number of carbonyl (C=O) groups is 1. The number of amides is 2. The van der Waals surface area contributed by atoms with Crippen molar-refractivity contribution in [2.24, 2.45) is 0 Å². The van der Waals surface area contributed by atoms with Gasteiger partial charge in [-0.3, -0.25) is 0 Å². The van der Waals surface area contributed by atoms with Gasteiger partial charge in [0.05, 0.1) is 16.8 Å². The van der Waals surface area contributed by atoms with Crippen LogP contribution in [0.15, 0.2) is 54.9 Å². The highest BCUT2D eigenvalue weighted by molar-refractivity contribution is 6.00. The lowest BCUT2D eigenvalue weighted by Gasteiger charge is -2.14. The smallest absolute Gasteiger partial charge is 0.382 e. The number of carbonyl (C=O) groups excluding carboxylic acids is 1. The maximum atomic E-state index is 13.1. The van der Waals surface area contributed by atoms with E-state index in [2.05, 4.69) is 20.6 Å². The van der Waals surface area contributed by atoms with Crippen LogP contribution in [0, 0.1) is 0 Å². The molecule has 1 aliphatic carbocycles. The lowest BCUT2D eigenvalue weighted by Crippen LogP contribution is -2.21. The number of nitrogens with two attached hydrogens (primary N) is 1. The van der Waals surface area contributed by atoms with Crippen LogP contribution in [-0.4, -0.2) is 20.6 Å². The van der Waals surface area contributed by atoms with Crippen molar-refractivity contribution < 1.29 is 18.0 Å². The zero-order valence-electron chi connectivity index (χ0n) is 17.3. The summed E-state index contributed by atoms with van der Waals surface area (Å²) in [5.41, 5.74) is 10.1. The first kappa shape index (κ1) is 20.8. The molecule has 10 heteroatoms. The fourth-order valence-corrected chi connectivity index (χ4v) is 4.30. The standard InChI is InChI=1S/C23H19F3N6O/c24-23(25,26)16-5-1-2-6-17(16)31-22(33)30-13-8-10-14(11-9-13)32-18-7-3-4-15(18)19-20(32)21(27)29-12-28-19/h1-2,5-6,8-12H,3-4,7H2,(H2,27,28,29)(H2,30,31,33). The maximum Gasteiger partial charge on any atom is 0.418 e. The molecular formula is C23H19F3N6O. The Kier molecular flexibility index (Phi) is 4.92. The second-order valence-electron chi connectivity index (χ2n) is 7.74. The van der Waals surface area contributed by atoms with Crippen molar-refractivity contribution >= 4 is 34.3 Å². The molecule has 0 spiro atoms. The van der Waals surface area contributed by atoms with Crippen LogP contribution in [0.25, 0.3) is 16.7 Å². The van der Waals surface area contributed by atoms with E-state index in [0.717, 1.165) is 47.7 Å². The monoisotopic (exact) mass is 452 g/mol. The number of hydrogen-bond acceptors (Lipinski definition) is 4. The third kappa shape index (κ3) is 3.73. The molecule has 168 valence electrons. The third-order valence-electron chi connectivity index (χ3n) is 5.68. The predicted molar refractivity (Wildman–Crippen MR) is 119 cm³/mol. The van der Waals surface area contributed by atoms with Gasteiger partial charge in [-0.05, 0) is 61.2 Å². The Morgan fingerprint density at radius 1 is 1.00 bits per heavy atom. The summed E-state index contributed by atoms with van der Waals surface area (Å²) in [6, 6.07) is 11.0. The first-order valence-corrected chi connectivity index (χ1v) is 10.3. The van der Waals surface area contributed by atoms with Crippen LogP contribution in [0.1, 0.15) is 23.2 Å². The number of hydrogen-bond donors (Lipinski definition) is 3. The summed E-state index contributed by atoms with van der Waals surface area (Å²) in [4.78, 5) is 20.9. The number of para-hydroxylation sites is 1. The Morgan fingerprint density at radius 3 is 2.52 bits per heavy atom. The van der Waals surface area contributed by atoms with Gasteiger partial charge >= 0.3 is 12.2 Å². The SMILES string of the molecule is Nc1ncnc2c3c(n(-c4ccc(NC(=O)Nc5ccccc5C(F)(F)F)cc4)c12)CCC3. The number of aromatic nitrogens is 3. The first-order chi connectivity index (χ1) is 15.8. The number of nitrogens with zero attached hydrogens (tertiary/aromatic N) is 3. The van der Waals surface area contributed by atoms with E-state index in [1.165, 1.54) is 30.1 Å². The highest BCUT2D eigenvalue weighted by atomic mass is 19.4. The zero-order valence-corrected chi connectivity index (χ0v) is 17.3. The van der Waals surface area contributed by atoms with E-state index >= 15 is 0 Å². The summed E-state index contributed by atoms with van der Waals surface area (Å²) >= 11 is 0. The Bertz CT molecular complexity index is 1360. The molecule has 2 amide bonds. The fraction of sp³-hybridized carbons (Fsp3) is 0.174. The minimum atomic E-state index is -4.57. The van der Waals surface area contributed by atoms with Crippen molar-refractivity contribution in [1.29, 1.82) is 0 Å². The molecule has 2 aromatic heterocycles. The van der Waals surface area contributed by atoms with Crippen LogP contribution in [0.4, 0.5) is 35.2 Å². The van der Waals surface area contributed by atoms with Gasteiger partial charge in [-0.15, -0.1) is 0 Å². The van der Waals surface area contributed by atoms with Gasteiger partial charge in [0.15, 0.2) is 5.82 Å². The van der Waals surface area contributed by atoms with Gasteiger partial charge in [-0.2, -0.15) is 13.2 Å². The number of aryl methyl sites for hydroxylation is 1. The van der Waals surface area contributed by atoms with E-state index < -0.39 is 17.8 Å². The van der Waals surface area contributed by atoms with E-state index in [1.54, 1.807) is 12.1 Å². The number of halogens is 3. The van der Waals surface area contributed by atoms with Crippen molar-refractivity contribution in [3.63, 3.8) is 0 Å². The average Bonchev–Trinajstić information content (AvgIpc) is 3.36. The Morgan fingerprint density at radius 2 is 1.76 bits per heavy atom. The van der Waals surface area contributed by atoms with Crippen molar-refractivity contribution in [3.8, 4) is 5.69 Å². The van der Waals surface area contributed by atoms with Crippen LogP contribution in [0.2, 0.25) is 0 Å². The number of nitrogen functional groups attached to an aromatic ring is 1. The van der Waals surface area contributed by atoms with E-state index in [9.17, 15) is 18.0 Å². The van der Waals surface area contributed by atoms with Gasteiger partial charge < -0.3 is 20.9 Å². The molecule has 33 heavy (non-hydrogen) atoms.